The molecule has 4 rings (SSSR count). The van der Waals surface area contributed by atoms with Gasteiger partial charge in [0.2, 0.25) is 12.2 Å². The summed E-state index contributed by atoms with van der Waals surface area (Å²) in [5.41, 5.74) is -1.74. The standard InChI is InChI=1S/C37H41F3N5O12PS/c1-24(59-29-19-52-35(53-20-29)7-5-4-6-27-9-8-26(18-41)16-31(27)39)37(21-45-23-42-22-43-45,30-11-10-28(38)17-32(30)40)57-36(48)56-25(2)55-34(47)13-12-33(46)44(3)14-15-54-58(49,50)51/h4-11,16-17,22-25,29,35H,12-15,19-21H2,1-3H3,(H2,49,50,51). The Bertz CT molecular complexity index is 2060. The van der Waals surface area contributed by atoms with Gasteiger partial charge in [0.15, 0.2) is 11.9 Å². The second-order valence-corrected chi connectivity index (χ2v) is 15.7. The zero-order valence-electron chi connectivity index (χ0n) is 31.9. The van der Waals surface area contributed by atoms with Crippen LogP contribution in [0.2, 0.25) is 0 Å². The fourth-order valence-electron chi connectivity index (χ4n) is 5.52. The molecule has 1 fully saturated rings. The Morgan fingerprint density at radius 2 is 1.85 bits per heavy atom. The summed E-state index contributed by atoms with van der Waals surface area (Å²) in [4.78, 5) is 60.9. The van der Waals surface area contributed by atoms with Gasteiger partial charge in [-0.25, -0.2) is 32.2 Å². The zero-order chi connectivity index (χ0) is 43.2. The number of nitriles is 1. The van der Waals surface area contributed by atoms with Crippen LogP contribution >= 0.6 is 19.6 Å². The van der Waals surface area contributed by atoms with Gasteiger partial charge in [-0.1, -0.05) is 24.3 Å². The van der Waals surface area contributed by atoms with Crippen LogP contribution in [0.25, 0.3) is 6.08 Å². The monoisotopic (exact) mass is 867 g/mol. The Kier molecular flexibility index (Phi) is 17.2. The lowest BCUT2D eigenvalue weighted by Gasteiger charge is -2.40. The Hall–Kier alpha value is -5.07. The predicted molar refractivity (Wildman–Crippen MR) is 202 cm³/mol. The number of phosphoric ester groups is 1. The molecule has 3 unspecified atom stereocenters. The molecule has 22 heteroatoms. The van der Waals surface area contributed by atoms with Gasteiger partial charge < -0.3 is 38.4 Å². The van der Waals surface area contributed by atoms with Crippen molar-refractivity contribution in [2.75, 3.05) is 33.4 Å². The van der Waals surface area contributed by atoms with Gasteiger partial charge in [0, 0.05) is 49.4 Å². The highest BCUT2D eigenvalue weighted by atomic mass is 32.2. The summed E-state index contributed by atoms with van der Waals surface area (Å²) in [7, 11) is -3.39. The number of ether oxygens (including phenoxy) is 5. The number of aromatic nitrogens is 3. The summed E-state index contributed by atoms with van der Waals surface area (Å²) in [5, 5.41) is 11.7. The van der Waals surface area contributed by atoms with E-state index in [1.54, 1.807) is 25.2 Å². The molecule has 2 N–H and O–H groups in total. The molecular weight excluding hydrogens is 826 g/mol. The highest BCUT2D eigenvalue weighted by molar-refractivity contribution is 8.00. The molecule has 0 spiro atoms. The molecule has 59 heavy (non-hydrogen) atoms. The summed E-state index contributed by atoms with van der Waals surface area (Å²) in [6, 6.07) is 8.70. The van der Waals surface area contributed by atoms with Crippen molar-refractivity contribution in [2.24, 2.45) is 0 Å². The topological polar surface area (TPSA) is 222 Å². The normalized spacial score (nSPS) is 17.8. The van der Waals surface area contributed by atoms with Crippen LogP contribution in [0.15, 0.2) is 67.3 Å². The van der Waals surface area contributed by atoms with Crippen LogP contribution in [-0.2, 0) is 54.5 Å². The maximum atomic E-state index is 15.7. The highest BCUT2D eigenvalue weighted by Gasteiger charge is 2.47. The van der Waals surface area contributed by atoms with Gasteiger partial charge in [0.1, 0.15) is 30.1 Å². The number of likely N-dealkylation sites (N-methyl/N-ethyl adjacent to an activating group) is 1. The lowest BCUT2D eigenvalue weighted by molar-refractivity contribution is -0.172. The Morgan fingerprint density at radius 3 is 2.49 bits per heavy atom. The fourth-order valence-corrected chi connectivity index (χ4v) is 7.20. The van der Waals surface area contributed by atoms with Crippen LogP contribution in [0.1, 0.15) is 43.4 Å². The van der Waals surface area contributed by atoms with Crippen LogP contribution in [0.4, 0.5) is 18.0 Å². The third kappa shape index (κ3) is 14.6. The van der Waals surface area contributed by atoms with E-state index in [1.165, 1.54) is 61.3 Å². The second kappa shape index (κ2) is 21.8. The summed E-state index contributed by atoms with van der Waals surface area (Å²) < 4.78 is 88.5. The number of phosphoric acid groups is 1. The van der Waals surface area contributed by atoms with Gasteiger partial charge >= 0.3 is 19.9 Å². The molecule has 3 aromatic rings. The highest BCUT2D eigenvalue weighted by Crippen LogP contribution is 2.42. The summed E-state index contributed by atoms with van der Waals surface area (Å²) >= 11 is 1.20. The zero-order valence-corrected chi connectivity index (χ0v) is 33.6. The van der Waals surface area contributed by atoms with Gasteiger partial charge in [0.05, 0.1) is 49.7 Å². The molecule has 0 aliphatic carbocycles. The largest absolute Gasteiger partial charge is 0.512 e. The number of halogens is 3. The average Bonchev–Trinajstić information content (AvgIpc) is 3.68. The molecular formula is C37H41F3N5O12PS. The molecule has 17 nitrogen and oxygen atoms in total. The maximum absolute atomic E-state index is 15.7. The van der Waals surface area contributed by atoms with E-state index in [1.807, 2.05) is 6.07 Å². The maximum Gasteiger partial charge on any atom is 0.512 e. The minimum Gasteiger partial charge on any atom is -0.425 e. The van der Waals surface area contributed by atoms with E-state index in [4.69, 9.17) is 38.7 Å². The van der Waals surface area contributed by atoms with Gasteiger partial charge in [-0.15, -0.1) is 11.8 Å². The van der Waals surface area contributed by atoms with Gasteiger partial charge in [-0.2, -0.15) is 10.4 Å². The number of thioether (sulfide) groups is 1. The van der Waals surface area contributed by atoms with Gasteiger partial charge in [0.25, 0.3) is 0 Å². The van der Waals surface area contributed by atoms with Crippen molar-refractivity contribution < 1.29 is 70.1 Å². The third-order valence-electron chi connectivity index (χ3n) is 8.46. The van der Waals surface area contributed by atoms with E-state index >= 15 is 4.39 Å². The third-order valence-corrected chi connectivity index (χ3v) is 10.4. The summed E-state index contributed by atoms with van der Waals surface area (Å²) in [6.07, 6.45) is 4.25. The first kappa shape index (κ1) is 46.6. The first-order valence-electron chi connectivity index (χ1n) is 17.7. The number of carbonyl (C=O) groups excluding carboxylic acids is 3. The number of allylic oxidation sites excluding steroid dienone is 2. The molecule has 3 atom stereocenters. The quantitative estimate of drug-likeness (QED) is 0.0702. The number of carbonyl (C=O) groups is 3. The average molecular weight is 868 g/mol. The smallest absolute Gasteiger partial charge is 0.425 e. The Morgan fingerprint density at radius 1 is 1.10 bits per heavy atom. The molecule has 1 aromatic heterocycles. The van der Waals surface area contributed by atoms with E-state index in [0.717, 1.165) is 23.1 Å². The molecule has 2 heterocycles. The summed E-state index contributed by atoms with van der Waals surface area (Å²) in [5.74, 6) is -4.01. The van der Waals surface area contributed by atoms with Crippen LogP contribution in [0.5, 0.6) is 0 Å². The second-order valence-electron chi connectivity index (χ2n) is 12.8. The first-order chi connectivity index (χ1) is 28.0. The van der Waals surface area contributed by atoms with E-state index in [-0.39, 0.29) is 49.4 Å². The Labute approximate surface area is 340 Å². The number of hydrogen-bond acceptors (Lipinski definition) is 14. The van der Waals surface area contributed by atoms with Crippen molar-refractivity contribution in [2.45, 2.75) is 61.9 Å². The van der Waals surface area contributed by atoms with Crippen molar-refractivity contribution in [3.63, 3.8) is 0 Å². The van der Waals surface area contributed by atoms with Crippen LogP contribution in [0, 0.1) is 28.8 Å². The molecule has 0 radical (unpaired) electrons. The van der Waals surface area contributed by atoms with Crippen molar-refractivity contribution in [3.05, 3.63) is 101 Å². The number of amides is 1. The SMILES string of the molecule is CC(OC(=O)CCC(=O)N(C)CCOP(=O)(O)O)OC(=O)OC(Cn1cncn1)(c1ccc(F)cc1F)C(C)SC1COC(C=CC=Cc2ccc(C#N)cc2F)OC1. The number of esters is 1. The van der Waals surface area contributed by atoms with Gasteiger partial charge in [-0.05, 0) is 37.3 Å². The molecule has 1 saturated heterocycles. The van der Waals surface area contributed by atoms with Crippen LogP contribution in [-0.4, -0.2) is 104 Å². The van der Waals surface area contributed by atoms with E-state index in [9.17, 15) is 27.7 Å². The van der Waals surface area contributed by atoms with Gasteiger partial charge in [-0.3, -0.25) is 14.1 Å². The van der Waals surface area contributed by atoms with Crippen molar-refractivity contribution in [1.29, 1.82) is 5.26 Å². The van der Waals surface area contributed by atoms with E-state index < -0.39 is 85.0 Å². The molecule has 1 amide bonds. The van der Waals surface area contributed by atoms with E-state index in [0.29, 0.717) is 6.07 Å². The predicted octanol–water partition coefficient (Wildman–Crippen LogP) is 4.99. The molecule has 1 aliphatic heterocycles. The van der Waals surface area contributed by atoms with E-state index in [2.05, 4.69) is 14.6 Å². The molecule has 0 bridgehead atoms. The minimum absolute atomic E-state index is 0.125. The fraction of sp³-hybridized carbons (Fsp3) is 0.405. The first-order valence-corrected chi connectivity index (χ1v) is 20.2. The van der Waals surface area contributed by atoms with Crippen molar-refractivity contribution in [3.8, 4) is 6.07 Å². The molecule has 1 aliphatic rings. The van der Waals surface area contributed by atoms with Crippen molar-refractivity contribution >= 4 is 43.7 Å². The minimum atomic E-state index is -4.72. The molecule has 318 valence electrons. The lowest BCUT2D eigenvalue weighted by Crippen LogP contribution is -2.47. The summed E-state index contributed by atoms with van der Waals surface area (Å²) in [6.45, 7) is 2.12. The Balaban J connectivity index is 1.42. The number of hydrogen-bond donors (Lipinski definition) is 2. The number of nitrogens with zero attached hydrogens (tertiary/aromatic N) is 5. The molecule has 2 aromatic carbocycles. The lowest BCUT2D eigenvalue weighted by atomic mass is 9.89. The number of rotatable bonds is 19. The van der Waals surface area contributed by atoms with Crippen LogP contribution in [0.3, 0.4) is 0 Å². The number of benzene rings is 2. The van der Waals surface area contributed by atoms with Crippen LogP contribution < -0.4 is 0 Å². The molecule has 0 saturated carbocycles. The van der Waals surface area contributed by atoms with Crippen molar-refractivity contribution in [1.82, 2.24) is 19.7 Å².